The highest BCUT2D eigenvalue weighted by atomic mass is 32.2. The van der Waals surface area contributed by atoms with Crippen molar-refractivity contribution < 1.29 is 31.5 Å². The predicted molar refractivity (Wildman–Crippen MR) is 70.6 cm³/mol. The molecule has 1 atom stereocenters. The summed E-state index contributed by atoms with van der Waals surface area (Å²) >= 11 is 0. The summed E-state index contributed by atoms with van der Waals surface area (Å²) in [7, 11) is -4.13. The summed E-state index contributed by atoms with van der Waals surface area (Å²) in [5.74, 6) is -1.25. The molecule has 1 aliphatic heterocycles. The Labute approximate surface area is 125 Å². The third-order valence-corrected chi connectivity index (χ3v) is 5.45. The van der Waals surface area contributed by atoms with Crippen LogP contribution >= 0.6 is 0 Å². The molecule has 1 saturated heterocycles. The number of rotatable bonds is 3. The Morgan fingerprint density at radius 1 is 1.18 bits per heavy atom. The molecule has 5 nitrogen and oxygen atoms in total. The highest BCUT2D eigenvalue weighted by molar-refractivity contribution is 7.89. The Morgan fingerprint density at radius 2 is 1.77 bits per heavy atom. The number of carboxylic acids is 1. The molecule has 1 aromatic rings. The highest BCUT2D eigenvalue weighted by Gasteiger charge is 2.38. The van der Waals surface area contributed by atoms with E-state index in [1.165, 1.54) is 0 Å². The van der Waals surface area contributed by atoms with Crippen molar-refractivity contribution >= 4 is 16.0 Å². The summed E-state index contributed by atoms with van der Waals surface area (Å²) in [6, 6.07) is 1.87. The first-order valence-electron chi connectivity index (χ1n) is 6.56. The lowest BCUT2D eigenvalue weighted by Crippen LogP contribution is -2.47. The third kappa shape index (κ3) is 3.25. The summed E-state index contributed by atoms with van der Waals surface area (Å²) < 4.78 is 63.2. The number of benzene rings is 1. The Kier molecular flexibility index (Phi) is 4.48. The zero-order valence-electron chi connectivity index (χ0n) is 11.4. The van der Waals surface area contributed by atoms with Gasteiger partial charge in [0.1, 0.15) is 6.04 Å². The molecule has 122 valence electrons. The molecule has 0 amide bonds. The molecule has 0 aliphatic carbocycles. The van der Waals surface area contributed by atoms with E-state index >= 15 is 0 Å². The van der Waals surface area contributed by atoms with Crippen molar-refractivity contribution in [3.8, 4) is 0 Å². The number of piperidine rings is 1. The fraction of sp³-hybridized carbons (Fsp3) is 0.462. The van der Waals surface area contributed by atoms with E-state index < -0.39 is 33.8 Å². The lowest BCUT2D eigenvalue weighted by atomic mass is 10.1. The van der Waals surface area contributed by atoms with Crippen molar-refractivity contribution in [1.29, 1.82) is 0 Å². The van der Waals surface area contributed by atoms with Crippen LogP contribution in [0.3, 0.4) is 0 Å². The lowest BCUT2D eigenvalue weighted by molar-refractivity contribution is -0.142. The Morgan fingerprint density at radius 3 is 2.27 bits per heavy atom. The standard InChI is InChI=1S/C13H14F3NO4S/c14-13(15,16)9-4-6-10(7-5-9)22(20,21)17-8-2-1-3-11(17)12(18)19/h4-7,11H,1-3,8H2,(H,18,19)/t11-/m0/s1. The second kappa shape index (κ2) is 5.88. The summed E-state index contributed by atoms with van der Waals surface area (Å²) in [5, 5.41) is 9.11. The van der Waals surface area contributed by atoms with E-state index in [4.69, 9.17) is 5.11 Å². The molecule has 0 aromatic heterocycles. The van der Waals surface area contributed by atoms with E-state index in [1.54, 1.807) is 0 Å². The predicted octanol–water partition coefficient (Wildman–Crippen LogP) is 2.33. The maximum Gasteiger partial charge on any atom is 0.416 e. The number of alkyl halides is 3. The number of aliphatic carboxylic acids is 1. The van der Waals surface area contributed by atoms with Gasteiger partial charge >= 0.3 is 12.1 Å². The first-order valence-corrected chi connectivity index (χ1v) is 8.00. The zero-order chi connectivity index (χ0) is 16.5. The molecule has 1 aromatic carbocycles. The molecular formula is C13H14F3NO4S. The largest absolute Gasteiger partial charge is 0.480 e. The molecule has 0 radical (unpaired) electrons. The van der Waals surface area contributed by atoms with Gasteiger partial charge in [-0.2, -0.15) is 17.5 Å². The molecule has 2 rings (SSSR count). The van der Waals surface area contributed by atoms with Crippen LogP contribution in [0.2, 0.25) is 0 Å². The van der Waals surface area contributed by atoms with Crippen LogP contribution < -0.4 is 0 Å². The normalized spacial score (nSPS) is 20.8. The van der Waals surface area contributed by atoms with Gasteiger partial charge in [-0.25, -0.2) is 8.42 Å². The van der Waals surface area contributed by atoms with Crippen LogP contribution in [-0.2, 0) is 21.0 Å². The average molecular weight is 337 g/mol. The summed E-state index contributed by atoms with van der Waals surface area (Å²) in [6.07, 6.45) is -3.26. The molecule has 0 unspecified atom stereocenters. The molecule has 1 aliphatic rings. The summed E-state index contributed by atoms with van der Waals surface area (Å²) in [6.45, 7) is 0.0420. The van der Waals surface area contributed by atoms with Gasteiger partial charge in [-0.3, -0.25) is 4.79 Å². The number of nitrogens with zero attached hydrogens (tertiary/aromatic N) is 1. The van der Waals surface area contributed by atoms with Crippen molar-refractivity contribution in [2.45, 2.75) is 36.4 Å². The fourth-order valence-electron chi connectivity index (χ4n) is 2.39. The molecule has 1 N–H and O–H groups in total. The lowest BCUT2D eigenvalue weighted by Gasteiger charge is -2.31. The second-order valence-corrected chi connectivity index (χ2v) is 6.88. The maximum atomic E-state index is 12.5. The van der Waals surface area contributed by atoms with Gasteiger partial charge in [0.25, 0.3) is 0 Å². The minimum absolute atomic E-state index is 0.0420. The van der Waals surface area contributed by atoms with Gasteiger partial charge in [0.05, 0.1) is 10.5 Å². The molecule has 0 bridgehead atoms. The highest BCUT2D eigenvalue weighted by Crippen LogP contribution is 2.31. The van der Waals surface area contributed by atoms with Crippen LogP contribution in [-0.4, -0.2) is 36.4 Å². The molecule has 0 spiro atoms. The number of hydrogen-bond acceptors (Lipinski definition) is 3. The maximum absolute atomic E-state index is 12.5. The molecular weight excluding hydrogens is 323 g/mol. The number of sulfonamides is 1. The van der Waals surface area contributed by atoms with Crippen LogP contribution in [0.1, 0.15) is 24.8 Å². The number of carbonyl (C=O) groups is 1. The third-order valence-electron chi connectivity index (χ3n) is 3.53. The van der Waals surface area contributed by atoms with Gasteiger partial charge in [-0.05, 0) is 43.5 Å². The van der Waals surface area contributed by atoms with Gasteiger partial charge in [-0.15, -0.1) is 0 Å². The first-order chi connectivity index (χ1) is 10.1. The topological polar surface area (TPSA) is 74.7 Å². The number of halogens is 3. The van der Waals surface area contributed by atoms with Crippen molar-refractivity contribution in [2.75, 3.05) is 6.54 Å². The SMILES string of the molecule is O=C(O)[C@@H]1CCCCN1S(=O)(=O)c1ccc(C(F)(F)F)cc1. The second-order valence-electron chi connectivity index (χ2n) is 4.99. The summed E-state index contributed by atoms with van der Waals surface area (Å²) in [5.41, 5.74) is -0.958. The van der Waals surface area contributed by atoms with E-state index in [1.807, 2.05) is 0 Å². The Balaban J connectivity index is 2.35. The van der Waals surface area contributed by atoms with E-state index in [-0.39, 0.29) is 17.9 Å². The number of carboxylic acid groups (broad SMARTS) is 1. The quantitative estimate of drug-likeness (QED) is 0.919. The summed E-state index contributed by atoms with van der Waals surface area (Å²) in [4.78, 5) is 10.8. The monoisotopic (exact) mass is 337 g/mol. The van der Waals surface area contributed by atoms with Crippen molar-refractivity contribution in [2.24, 2.45) is 0 Å². The molecule has 1 fully saturated rings. The van der Waals surface area contributed by atoms with Crippen molar-refractivity contribution in [1.82, 2.24) is 4.31 Å². The van der Waals surface area contributed by atoms with E-state index in [2.05, 4.69) is 0 Å². The number of hydrogen-bond donors (Lipinski definition) is 1. The molecule has 9 heteroatoms. The minimum atomic E-state index is -4.56. The van der Waals surface area contributed by atoms with E-state index in [9.17, 15) is 26.4 Å². The van der Waals surface area contributed by atoms with Gasteiger partial charge in [0, 0.05) is 6.54 Å². The average Bonchev–Trinajstić information content (AvgIpc) is 2.46. The van der Waals surface area contributed by atoms with Crippen LogP contribution in [0.15, 0.2) is 29.2 Å². The first kappa shape index (κ1) is 16.8. The van der Waals surface area contributed by atoms with Crippen LogP contribution in [0.25, 0.3) is 0 Å². The van der Waals surface area contributed by atoms with Crippen LogP contribution in [0, 0.1) is 0 Å². The molecule has 22 heavy (non-hydrogen) atoms. The van der Waals surface area contributed by atoms with Crippen LogP contribution in [0.5, 0.6) is 0 Å². The van der Waals surface area contributed by atoms with E-state index in [0.29, 0.717) is 25.0 Å². The fourth-order valence-corrected chi connectivity index (χ4v) is 4.04. The van der Waals surface area contributed by atoms with Crippen molar-refractivity contribution in [3.05, 3.63) is 29.8 Å². The van der Waals surface area contributed by atoms with Crippen LogP contribution in [0.4, 0.5) is 13.2 Å². The van der Waals surface area contributed by atoms with Gasteiger partial charge in [0.2, 0.25) is 10.0 Å². The smallest absolute Gasteiger partial charge is 0.416 e. The van der Waals surface area contributed by atoms with Gasteiger partial charge in [-0.1, -0.05) is 0 Å². The zero-order valence-corrected chi connectivity index (χ0v) is 12.2. The van der Waals surface area contributed by atoms with Gasteiger partial charge < -0.3 is 5.11 Å². The molecule has 0 saturated carbocycles. The van der Waals surface area contributed by atoms with E-state index in [0.717, 1.165) is 16.4 Å². The Bertz CT molecular complexity index is 655. The van der Waals surface area contributed by atoms with Crippen molar-refractivity contribution in [3.63, 3.8) is 0 Å². The minimum Gasteiger partial charge on any atom is -0.480 e. The van der Waals surface area contributed by atoms with Gasteiger partial charge in [0.15, 0.2) is 0 Å². The molecule has 1 heterocycles. The Hall–Kier alpha value is -1.61.